The molecule has 11 heteroatoms. The third kappa shape index (κ3) is 12.0. The number of carbonyl (C=O) groups excluding carboxylic acids is 3. The van der Waals surface area contributed by atoms with E-state index >= 15 is 0 Å². The number of carbonyl (C=O) groups is 3. The third-order valence-corrected chi connectivity index (χ3v) is 8.24. The van der Waals surface area contributed by atoms with Crippen LogP contribution in [0, 0.1) is 11.8 Å². The number of hydrogen-bond donors (Lipinski definition) is 3. The summed E-state index contributed by atoms with van der Waals surface area (Å²) in [7, 11) is 1.60. The summed E-state index contributed by atoms with van der Waals surface area (Å²) in [6.07, 6.45) is 2.64. The Labute approximate surface area is 261 Å². The molecule has 0 saturated heterocycles. The SMILES string of the molecule is CCCO[C@H](CC(C(C)C)N(COCC)C(=O)C[C@@H](C)CC)c1nc(C(=O)N[C@@H](Cc2ccccc2)C(=O)NNC)cs1. The second-order valence-electron chi connectivity index (χ2n) is 11.1. The predicted octanol–water partition coefficient (Wildman–Crippen LogP) is 4.88. The van der Waals surface area contributed by atoms with Crippen molar-refractivity contribution in [2.45, 2.75) is 91.8 Å². The molecule has 1 unspecified atom stereocenters. The predicted molar refractivity (Wildman–Crippen MR) is 170 cm³/mol. The first-order chi connectivity index (χ1) is 20.6. The summed E-state index contributed by atoms with van der Waals surface area (Å²) in [6.45, 7) is 13.6. The van der Waals surface area contributed by atoms with Crippen molar-refractivity contribution in [3.05, 3.63) is 52.0 Å². The number of hydrogen-bond acceptors (Lipinski definition) is 8. The van der Waals surface area contributed by atoms with Crippen molar-refractivity contribution in [1.82, 2.24) is 26.1 Å². The Kier molecular flexibility index (Phi) is 16.4. The maximum atomic E-state index is 13.4. The van der Waals surface area contributed by atoms with Crippen molar-refractivity contribution in [3.8, 4) is 0 Å². The largest absolute Gasteiger partial charge is 0.371 e. The van der Waals surface area contributed by atoms with Gasteiger partial charge in [-0.1, -0.05) is 71.4 Å². The summed E-state index contributed by atoms with van der Waals surface area (Å²) in [5.74, 6) is -0.306. The van der Waals surface area contributed by atoms with Crippen LogP contribution in [0.4, 0.5) is 0 Å². The molecule has 0 radical (unpaired) electrons. The first kappa shape index (κ1) is 36.3. The zero-order valence-electron chi connectivity index (χ0n) is 26.9. The molecule has 1 aromatic carbocycles. The average Bonchev–Trinajstić information content (AvgIpc) is 3.49. The van der Waals surface area contributed by atoms with Crippen molar-refractivity contribution >= 4 is 29.1 Å². The van der Waals surface area contributed by atoms with Crippen LogP contribution in [0.3, 0.4) is 0 Å². The Balaban J connectivity index is 2.29. The van der Waals surface area contributed by atoms with Crippen molar-refractivity contribution in [1.29, 1.82) is 0 Å². The molecule has 0 aliphatic heterocycles. The summed E-state index contributed by atoms with van der Waals surface area (Å²) in [4.78, 5) is 46.0. The third-order valence-electron chi connectivity index (χ3n) is 7.31. The fraction of sp³-hybridized carbons (Fsp3) is 0.625. The minimum Gasteiger partial charge on any atom is -0.371 e. The summed E-state index contributed by atoms with van der Waals surface area (Å²) in [5.41, 5.74) is 6.35. The minimum atomic E-state index is -0.798. The van der Waals surface area contributed by atoms with E-state index < -0.39 is 18.1 Å². The zero-order chi connectivity index (χ0) is 31.8. The fourth-order valence-corrected chi connectivity index (χ4v) is 5.48. The molecule has 2 aromatic rings. The van der Waals surface area contributed by atoms with Crippen molar-refractivity contribution < 1.29 is 23.9 Å². The van der Waals surface area contributed by atoms with E-state index in [0.717, 1.165) is 18.4 Å². The lowest BCUT2D eigenvalue weighted by molar-refractivity contribution is -0.144. The van der Waals surface area contributed by atoms with Gasteiger partial charge in [-0.2, -0.15) is 0 Å². The minimum absolute atomic E-state index is 0.0688. The summed E-state index contributed by atoms with van der Waals surface area (Å²) in [6, 6.07) is 8.57. The van der Waals surface area contributed by atoms with Gasteiger partial charge in [0.2, 0.25) is 5.91 Å². The molecule has 0 saturated carbocycles. The van der Waals surface area contributed by atoms with Gasteiger partial charge in [-0.3, -0.25) is 19.8 Å². The second kappa shape index (κ2) is 19.4. The molecule has 0 spiro atoms. The van der Waals surface area contributed by atoms with Gasteiger partial charge in [0.25, 0.3) is 11.8 Å². The zero-order valence-corrected chi connectivity index (χ0v) is 27.7. The first-order valence-electron chi connectivity index (χ1n) is 15.4. The van der Waals surface area contributed by atoms with Crippen LogP contribution in [0.15, 0.2) is 35.7 Å². The molecule has 4 atom stereocenters. The Morgan fingerprint density at radius 2 is 1.79 bits per heavy atom. The van der Waals surface area contributed by atoms with E-state index in [4.69, 9.17) is 9.47 Å². The number of amides is 3. The first-order valence-corrected chi connectivity index (χ1v) is 16.3. The molecule has 240 valence electrons. The van der Waals surface area contributed by atoms with Crippen LogP contribution in [0.25, 0.3) is 0 Å². The smallest absolute Gasteiger partial charge is 0.271 e. The summed E-state index contributed by atoms with van der Waals surface area (Å²) < 4.78 is 12.0. The number of nitrogens with zero attached hydrogens (tertiary/aromatic N) is 2. The lowest BCUT2D eigenvalue weighted by Crippen LogP contribution is -2.51. The molecule has 0 aliphatic carbocycles. The maximum absolute atomic E-state index is 13.4. The number of hydrazine groups is 1. The lowest BCUT2D eigenvalue weighted by Gasteiger charge is -2.36. The molecule has 10 nitrogen and oxygen atoms in total. The van der Waals surface area contributed by atoms with E-state index in [-0.39, 0.29) is 42.1 Å². The molecule has 0 bridgehead atoms. The van der Waals surface area contributed by atoms with Crippen LogP contribution in [-0.4, -0.2) is 66.7 Å². The maximum Gasteiger partial charge on any atom is 0.271 e. The van der Waals surface area contributed by atoms with Crippen molar-refractivity contribution in [2.24, 2.45) is 11.8 Å². The van der Waals surface area contributed by atoms with Crippen molar-refractivity contribution in [2.75, 3.05) is 27.0 Å². The van der Waals surface area contributed by atoms with Gasteiger partial charge in [-0.15, -0.1) is 11.3 Å². The second-order valence-corrected chi connectivity index (χ2v) is 12.0. The van der Waals surface area contributed by atoms with Gasteiger partial charge in [0.05, 0.1) is 0 Å². The van der Waals surface area contributed by atoms with E-state index in [2.05, 4.69) is 48.8 Å². The van der Waals surface area contributed by atoms with Gasteiger partial charge >= 0.3 is 0 Å². The lowest BCUT2D eigenvalue weighted by atomic mass is 9.95. The molecule has 3 N–H and O–H groups in total. The Hall–Kier alpha value is -2.86. The van der Waals surface area contributed by atoms with Crippen LogP contribution in [0.5, 0.6) is 0 Å². The van der Waals surface area contributed by atoms with Crippen LogP contribution in [0.1, 0.15) is 94.4 Å². The monoisotopic (exact) mass is 617 g/mol. The molecule has 1 aromatic heterocycles. The van der Waals surface area contributed by atoms with E-state index in [9.17, 15) is 14.4 Å². The summed E-state index contributed by atoms with van der Waals surface area (Å²) in [5, 5.41) is 5.20. The van der Waals surface area contributed by atoms with E-state index in [1.807, 2.05) is 49.1 Å². The highest BCUT2D eigenvalue weighted by atomic mass is 32.1. The van der Waals surface area contributed by atoms with E-state index in [1.165, 1.54) is 11.3 Å². The topological polar surface area (TPSA) is 122 Å². The molecule has 1 heterocycles. The van der Waals surface area contributed by atoms with Gasteiger partial charge in [-0.25, -0.2) is 10.4 Å². The van der Waals surface area contributed by atoms with Gasteiger partial charge < -0.3 is 19.7 Å². The number of rotatable bonds is 20. The molecular formula is C32H51N5O5S. The number of benzene rings is 1. The molecule has 3 amide bonds. The highest BCUT2D eigenvalue weighted by Crippen LogP contribution is 2.31. The van der Waals surface area contributed by atoms with Crippen molar-refractivity contribution in [3.63, 3.8) is 0 Å². The number of nitrogens with one attached hydrogen (secondary N) is 3. The van der Waals surface area contributed by atoms with Crippen LogP contribution in [-0.2, 0) is 25.5 Å². The Bertz CT molecular complexity index is 1110. The van der Waals surface area contributed by atoms with Gasteiger partial charge in [0, 0.05) is 50.9 Å². The molecule has 2 rings (SSSR count). The Morgan fingerprint density at radius 3 is 2.40 bits per heavy atom. The molecule has 0 fully saturated rings. The van der Waals surface area contributed by atoms with Crippen LogP contribution < -0.4 is 16.2 Å². The van der Waals surface area contributed by atoms with Gasteiger partial charge in [-0.05, 0) is 30.7 Å². The molecule has 43 heavy (non-hydrogen) atoms. The highest BCUT2D eigenvalue weighted by Gasteiger charge is 2.32. The van der Waals surface area contributed by atoms with Gasteiger partial charge in [0.15, 0.2) is 0 Å². The molecular weight excluding hydrogens is 566 g/mol. The van der Waals surface area contributed by atoms with E-state index in [1.54, 1.807) is 12.4 Å². The summed E-state index contributed by atoms with van der Waals surface area (Å²) >= 11 is 1.35. The standard InChI is InChI=1S/C32H51N5O5S/c1-8-16-42-28(19-27(22(4)5)37(21-41-10-3)29(38)17-23(6)9-2)32-35-26(20-43-32)30(39)34-25(31(40)36-33-7)18-24-14-12-11-13-15-24/h11-15,20,22-23,25,27-28,33H,8-10,16-19,21H2,1-7H3,(H,34,39)(H,36,40)/t23-,25-,27?,28+/m0/s1. The number of ether oxygens (including phenoxy) is 2. The quantitative estimate of drug-likeness (QED) is 0.143. The Morgan fingerprint density at radius 1 is 1.07 bits per heavy atom. The average molecular weight is 618 g/mol. The number of thiazole rings is 1. The fourth-order valence-electron chi connectivity index (χ4n) is 4.62. The van der Waals surface area contributed by atoms with Crippen LogP contribution in [0.2, 0.25) is 0 Å². The van der Waals surface area contributed by atoms with E-state index in [0.29, 0.717) is 37.5 Å². The van der Waals surface area contributed by atoms with Gasteiger partial charge in [0.1, 0.15) is 29.6 Å². The normalized spacial score (nSPS) is 14.1. The van der Waals surface area contributed by atoms with Crippen LogP contribution >= 0.6 is 11.3 Å². The number of aromatic nitrogens is 1. The highest BCUT2D eigenvalue weighted by molar-refractivity contribution is 7.09. The molecule has 0 aliphatic rings.